The lowest BCUT2D eigenvalue weighted by Crippen LogP contribution is -2.52. The summed E-state index contributed by atoms with van der Waals surface area (Å²) >= 11 is 3.38. The molecule has 3 nitrogen and oxygen atoms in total. The molecule has 0 amide bonds. The number of nitrogens with two attached hydrogens (primary N) is 1. The van der Waals surface area contributed by atoms with Crippen LogP contribution >= 0.6 is 15.9 Å². The number of benzene rings is 1. The van der Waals surface area contributed by atoms with E-state index in [0.29, 0.717) is 12.0 Å². The van der Waals surface area contributed by atoms with Gasteiger partial charge in [-0.3, -0.25) is 0 Å². The quantitative estimate of drug-likeness (QED) is 0.859. The van der Waals surface area contributed by atoms with Gasteiger partial charge in [-0.15, -0.1) is 0 Å². The van der Waals surface area contributed by atoms with Gasteiger partial charge >= 0.3 is 0 Å². The van der Waals surface area contributed by atoms with Crippen LogP contribution in [0.2, 0.25) is 0 Å². The molecule has 0 radical (unpaired) electrons. The summed E-state index contributed by atoms with van der Waals surface area (Å²) in [4.78, 5) is 4.38. The zero-order valence-electron chi connectivity index (χ0n) is 10.7. The smallest absolute Gasteiger partial charge is 0.283 e. The fourth-order valence-electron chi connectivity index (χ4n) is 3.11. The van der Waals surface area contributed by atoms with Gasteiger partial charge in [-0.25, -0.2) is 9.38 Å². The topological polar surface area (TPSA) is 47.6 Å². The molecule has 0 unspecified atom stereocenters. The minimum absolute atomic E-state index is 0.174. The Morgan fingerprint density at radius 2 is 2.16 bits per heavy atom. The normalized spacial score (nSPS) is 28.5. The van der Waals surface area contributed by atoms with Crippen LogP contribution in [-0.2, 0) is 10.3 Å². The molecule has 1 aliphatic carbocycles. The predicted molar refractivity (Wildman–Crippen MR) is 75.4 cm³/mol. The highest BCUT2D eigenvalue weighted by atomic mass is 79.9. The van der Waals surface area contributed by atoms with Crippen molar-refractivity contribution >= 4 is 22.0 Å². The van der Waals surface area contributed by atoms with E-state index in [1.54, 1.807) is 12.1 Å². The second-order valence-corrected chi connectivity index (χ2v) is 6.58. The molecule has 5 heteroatoms. The van der Waals surface area contributed by atoms with E-state index in [9.17, 15) is 4.39 Å². The van der Waals surface area contributed by atoms with E-state index in [-0.39, 0.29) is 17.4 Å². The summed E-state index contributed by atoms with van der Waals surface area (Å²) in [6, 6.07) is 5.10. The van der Waals surface area contributed by atoms with Gasteiger partial charge < -0.3 is 10.5 Å². The van der Waals surface area contributed by atoms with Gasteiger partial charge in [-0.05, 0) is 44.4 Å². The minimum Gasteiger partial charge on any atom is -0.459 e. The van der Waals surface area contributed by atoms with Crippen LogP contribution in [0.4, 0.5) is 4.39 Å². The average molecular weight is 327 g/mol. The number of nitrogens with zero attached hydrogens (tertiary/aromatic N) is 1. The highest BCUT2D eigenvalue weighted by Gasteiger charge is 2.50. The van der Waals surface area contributed by atoms with Crippen LogP contribution in [0.15, 0.2) is 27.7 Å². The average Bonchev–Trinajstić information content (AvgIpc) is 2.29. The van der Waals surface area contributed by atoms with Crippen molar-refractivity contribution in [2.75, 3.05) is 0 Å². The standard InChI is InChI=1S/C14H16BrFN2O/c1-13(10-7-9(15)3-4-11(10)16)8-14(5-2-6-14)19-12(17)18-13/h3-4,7H,2,5-6,8H2,1H3,(H2,17,18)/t13-/m1/s1. The van der Waals surface area contributed by atoms with E-state index in [2.05, 4.69) is 20.9 Å². The third-order valence-corrected chi connectivity index (χ3v) is 4.61. The van der Waals surface area contributed by atoms with E-state index < -0.39 is 5.54 Å². The van der Waals surface area contributed by atoms with Crippen molar-refractivity contribution < 1.29 is 9.13 Å². The molecular formula is C14H16BrFN2O. The van der Waals surface area contributed by atoms with E-state index in [0.717, 1.165) is 23.7 Å². The Morgan fingerprint density at radius 3 is 2.79 bits per heavy atom. The molecule has 2 N–H and O–H groups in total. The number of hydrogen-bond acceptors (Lipinski definition) is 3. The molecule has 1 aromatic carbocycles. The van der Waals surface area contributed by atoms with Crippen molar-refractivity contribution in [1.29, 1.82) is 0 Å². The number of amidine groups is 1. The summed E-state index contributed by atoms with van der Waals surface area (Å²) in [5.74, 6) is -0.251. The molecule has 0 saturated heterocycles. The molecular weight excluding hydrogens is 311 g/mol. The molecule has 19 heavy (non-hydrogen) atoms. The van der Waals surface area contributed by atoms with Crippen LogP contribution in [-0.4, -0.2) is 11.6 Å². The van der Waals surface area contributed by atoms with Gasteiger partial charge in [0.05, 0.1) is 5.54 Å². The van der Waals surface area contributed by atoms with E-state index in [1.165, 1.54) is 6.07 Å². The van der Waals surface area contributed by atoms with Crippen molar-refractivity contribution in [3.8, 4) is 0 Å². The largest absolute Gasteiger partial charge is 0.459 e. The Morgan fingerprint density at radius 1 is 1.42 bits per heavy atom. The summed E-state index contributed by atoms with van der Waals surface area (Å²) in [6.07, 6.45) is 3.74. The number of aliphatic imine (C=N–C) groups is 1. The van der Waals surface area contributed by atoms with Crippen molar-refractivity contribution in [1.82, 2.24) is 0 Å². The highest BCUT2D eigenvalue weighted by Crippen LogP contribution is 2.49. The van der Waals surface area contributed by atoms with Crippen LogP contribution in [0.5, 0.6) is 0 Å². The summed E-state index contributed by atoms with van der Waals surface area (Å²) in [7, 11) is 0. The van der Waals surface area contributed by atoms with Crippen LogP contribution in [0.3, 0.4) is 0 Å². The lowest BCUT2D eigenvalue weighted by Gasteiger charge is -2.48. The molecule has 1 aromatic rings. The van der Waals surface area contributed by atoms with Crippen LogP contribution < -0.4 is 5.73 Å². The van der Waals surface area contributed by atoms with E-state index in [1.807, 2.05) is 6.92 Å². The maximum atomic E-state index is 14.1. The Kier molecular flexibility index (Phi) is 2.85. The SMILES string of the molecule is C[C@]1(c2cc(Br)ccc2F)CC2(CCC2)OC(N)=N1. The fourth-order valence-corrected chi connectivity index (χ4v) is 3.47. The van der Waals surface area contributed by atoms with E-state index >= 15 is 0 Å². The number of rotatable bonds is 1. The fraction of sp³-hybridized carbons (Fsp3) is 0.500. The summed E-state index contributed by atoms with van der Waals surface area (Å²) < 4.78 is 20.7. The summed E-state index contributed by atoms with van der Waals surface area (Å²) in [5.41, 5.74) is 5.49. The molecule has 0 bridgehead atoms. The van der Waals surface area contributed by atoms with Crippen LogP contribution in [0.1, 0.15) is 38.2 Å². The Hall–Kier alpha value is -1.10. The van der Waals surface area contributed by atoms with Gasteiger partial charge in [0.2, 0.25) is 0 Å². The maximum absolute atomic E-state index is 14.1. The highest BCUT2D eigenvalue weighted by molar-refractivity contribution is 9.10. The van der Waals surface area contributed by atoms with Crippen LogP contribution in [0.25, 0.3) is 0 Å². The van der Waals surface area contributed by atoms with Gasteiger partial charge in [0.25, 0.3) is 6.02 Å². The first-order valence-corrected chi connectivity index (χ1v) is 7.22. The maximum Gasteiger partial charge on any atom is 0.283 e. The third-order valence-electron chi connectivity index (χ3n) is 4.12. The Balaban J connectivity index is 2.06. The molecule has 1 spiro atoms. The molecule has 2 aliphatic rings. The second kappa shape index (κ2) is 4.20. The summed E-state index contributed by atoms with van der Waals surface area (Å²) in [5, 5.41) is 0. The first-order chi connectivity index (χ1) is 8.92. The molecule has 0 aromatic heterocycles. The van der Waals surface area contributed by atoms with Crippen molar-refractivity contribution in [2.45, 2.75) is 43.7 Å². The molecule has 1 fully saturated rings. The minimum atomic E-state index is -0.656. The van der Waals surface area contributed by atoms with Gasteiger partial charge in [0.1, 0.15) is 11.4 Å². The Labute approximate surface area is 120 Å². The summed E-state index contributed by atoms with van der Waals surface area (Å²) in [6.45, 7) is 1.92. The molecule has 102 valence electrons. The second-order valence-electron chi connectivity index (χ2n) is 5.66. The molecule has 1 saturated carbocycles. The molecule has 1 aliphatic heterocycles. The van der Waals surface area contributed by atoms with Gasteiger partial charge in [-0.1, -0.05) is 15.9 Å². The molecule has 3 rings (SSSR count). The lowest BCUT2D eigenvalue weighted by molar-refractivity contribution is -0.0583. The van der Waals surface area contributed by atoms with E-state index in [4.69, 9.17) is 10.5 Å². The predicted octanol–water partition coefficient (Wildman–Crippen LogP) is 3.46. The van der Waals surface area contributed by atoms with Crippen molar-refractivity contribution in [3.05, 3.63) is 34.1 Å². The first-order valence-electron chi connectivity index (χ1n) is 6.42. The van der Waals surface area contributed by atoms with Crippen LogP contribution in [0, 0.1) is 5.82 Å². The van der Waals surface area contributed by atoms with Gasteiger partial charge in [0, 0.05) is 16.5 Å². The number of hydrogen-bond donors (Lipinski definition) is 1. The first kappa shape index (κ1) is 12.9. The monoisotopic (exact) mass is 326 g/mol. The Bertz CT molecular complexity index is 556. The zero-order valence-corrected chi connectivity index (χ0v) is 12.3. The third kappa shape index (κ3) is 2.14. The number of ether oxygens (including phenoxy) is 1. The zero-order chi connectivity index (χ0) is 13.7. The number of halogens is 2. The van der Waals surface area contributed by atoms with Gasteiger partial charge in [-0.2, -0.15) is 0 Å². The van der Waals surface area contributed by atoms with Gasteiger partial charge in [0.15, 0.2) is 0 Å². The molecule has 1 heterocycles. The lowest BCUT2D eigenvalue weighted by atomic mass is 9.69. The molecule has 1 atom stereocenters. The van der Waals surface area contributed by atoms with Crippen molar-refractivity contribution in [2.24, 2.45) is 10.7 Å². The van der Waals surface area contributed by atoms with Crippen molar-refractivity contribution in [3.63, 3.8) is 0 Å².